The van der Waals surface area contributed by atoms with Gasteiger partial charge >= 0.3 is 0 Å². The van der Waals surface area contributed by atoms with Gasteiger partial charge in [0.2, 0.25) is 0 Å². The Hall–Kier alpha value is -1.67. The van der Waals surface area contributed by atoms with Gasteiger partial charge in [0.05, 0.1) is 11.4 Å². The van der Waals surface area contributed by atoms with Gasteiger partial charge in [0, 0.05) is 0 Å². The Kier molecular flexibility index (Phi) is 4.85. The smallest absolute Gasteiger partial charge is 0.0888 e. The van der Waals surface area contributed by atoms with Crippen molar-refractivity contribution in [1.29, 1.82) is 0 Å². The lowest BCUT2D eigenvalue weighted by molar-refractivity contribution is 1.19. The first kappa shape index (κ1) is 13.4. The maximum absolute atomic E-state index is 4.26. The summed E-state index contributed by atoms with van der Waals surface area (Å²) >= 11 is 0. The first-order chi connectivity index (χ1) is 7.77. The summed E-state index contributed by atoms with van der Waals surface area (Å²) in [7, 11) is 0. The molecule has 17 heavy (non-hydrogen) atoms. The second kappa shape index (κ2) is 6.16. The third-order valence-corrected chi connectivity index (χ3v) is 2.61. The number of hydrogen-bond donors (Lipinski definition) is 0. The summed E-state index contributed by atoms with van der Waals surface area (Å²) in [6.07, 6.45) is 0. The molecule has 0 saturated heterocycles. The summed E-state index contributed by atoms with van der Waals surface area (Å²) < 4.78 is 0. The van der Waals surface area contributed by atoms with Crippen molar-refractivity contribution in [3.05, 3.63) is 59.7 Å². The minimum Gasteiger partial charge on any atom is -0.151 e. The van der Waals surface area contributed by atoms with Crippen molar-refractivity contribution in [2.75, 3.05) is 0 Å². The molecular formula is C14H15ClN2. The highest BCUT2D eigenvalue weighted by Crippen LogP contribution is 2.23. The van der Waals surface area contributed by atoms with E-state index >= 15 is 0 Å². The molecule has 0 N–H and O–H groups in total. The third-order valence-electron chi connectivity index (χ3n) is 2.61. The van der Waals surface area contributed by atoms with Crippen LogP contribution in [0.2, 0.25) is 0 Å². The number of benzene rings is 2. The number of aryl methyl sites for hydroxylation is 1. The van der Waals surface area contributed by atoms with Crippen LogP contribution in [0.5, 0.6) is 0 Å². The average molecular weight is 247 g/mol. The molecule has 0 aliphatic heterocycles. The van der Waals surface area contributed by atoms with Gasteiger partial charge in [0.15, 0.2) is 0 Å². The number of halogens is 1. The topological polar surface area (TPSA) is 24.7 Å². The molecule has 0 bridgehead atoms. The van der Waals surface area contributed by atoms with Crippen molar-refractivity contribution in [1.82, 2.24) is 0 Å². The second-order valence-electron chi connectivity index (χ2n) is 3.75. The van der Waals surface area contributed by atoms with Crippen LogP contribution in [-0.2, 0) is 0 Å². The fourth-order valence-electron chi connectivity index (χ4n) is 1.45. The highest BCUT2D eigenvalue weighted by molar-refractivity contribution is 5.85. The molecule has 0 aliphatic carbocycles. The fourth-order valence-corrected chi connectivity index (χ4v) is 1.45. The van der Waals surface area contributed by atoms with E-state index in [1.54, 1.807) is 0 Å². The molecule has 2 aromatic rings. The van der Waals surface area contributed by atoms with E-state index in [1.165, 1.54) is 11.1 Å². The Morgan fingerprint density at radius 2 is 1.47 bits per heavy atom. The first-order valence-electron chi connectivity index (χ1n) is 5.30. The zero-order chi connectivity index (χ0) is 11.4. The van der Waals surface area contributed by atoms with Crippen LogP contribution in [0, 0.1) is 13.8 Å². The molecule has 0 unspecified atom stereocenters. The molecule has 2 nitrogen and oxygen atoms in total. The van der Waals surface area contributed by atoms with E-state index in [1.807, 2.05) is 42.5 Å². The molecule has 88 valence electrons. The van der Waals surface area contributed by atoms with Gasteiger partial charge in [-0.3, -0.25) is 0 Å². The van der Waals surface area contributed by atoms with E-state index in [0.29, 0.717) is 0 Å². The maximum Gasteiger partial charge on any atom is 0.0888 e. The van der Waals surface area contributed by atoms with Crippen LogP contribution >= 0.6 is 12.4 Å². The van der Waals surface area contributed by atoms with Crippen LogP contribution in [0.1, 0.15) is 11.1 Å². The van der Waals surface area contributed by atoms with Gasteiger partial charge in [-0.1, -0.05) is 30.3 Å². The molecular weight excluding hydrogens is 232 g/mol. The fraction of sp³-hybridized carbons (Fsp3) is 0.143. The predicted molar refractivity (Wildman–Crippen MR) is 73.8 cm³/mol. The normalized spacial score (nSPS) is 10.2. The van der Waals surface area contributed by atoms with Crippen molar-refractivity contribution < 1.29 is 0 Å². The summed E-state index contributed by atoms with van der Waals surface area (Å²) in [5.41, 5.74) is 4.24. The minimum atomic E-state index is 0. The van der Waals surface area contributed by atoms with Crippen molar-refractivity contribution in [2.45, 2.75) is 13.8 Å². The summed E-state index contributed by atoms with van der Waals surface area (Å²) in [6, 6.07) is 15.8. The van der Waals surface area contributed by atoms with E-state index in [2.05, 4.69) is 30.1 Å². The van der Waals surface area contributed by atoms with E-state index in [9.17, 15) is 0 Å². The molecule has 2 rings (SSSR count). The molecule has 0 radical (unpaired) electrons. The summed E-state index contributed by atoms with van der Waals surface area (Å²) in [5, 5.41) is 8.47. The summed E-state index contributed by atoms with van der Waals surface area (Å²) in [5.74, 6) is 0. The standard InChI is InChI=1S/C14H14N2.ClH/c1-11-7-6-10-14(12(11)2)16-15-13-8-4-3-5-9-13;/h3-10H,1-2H3;1H. The van der Waals surface area contributed by atoms with E-state index in [0.717, 1.165) is 11.4 Å². The first-order valence-corrected chi connectivity index (χ1v) is 5.30. The van der Waals surface area contributed by atoms with Crippen LogP contribution in [0.3, 0.4) is 0 Å². The maximum atomic E-state index is 4.26. The van der Waals surface area contributed by atoms with Crippen molar-refractivity contribution in [3.8, 4) is 0 Å². The van der Waals surface area contributed by atoms with Gasteiger partial charge in [-0.15, -0.1) is 12.4 Å². The van der Waals surface area contributed by atoms with Crippen molar-refractivity contribution in [3.63, 3.8) is 0 Å². The SMILES string of the molecule is Cc1cccc(N=Nc2ccccc2)c1C.Cl. The molecule has 2 aromatic carbocycles. The lowest BCUT2D eigenvalue weighted by atomic mass is 10.1. The van der Waals surface area contributed by atoms with E-state index in [-0.39, 0.29) is 12.4 Å². The summed E-state index contributed by atoms with van der Waals surface area (Å²) in [4.78, 5) is 0. The minimum absolute atomic E-state index is 0. The Morgan fingerprint density at radius 3 is 2.18 bits per heavy atom. The van der Waals surface area contributed by atoms with Crippen molar-refractivity contribution >= 4 is 23.8 Å². The molecule has 0 amide bonds. The summed E-state index contributed by atoms with van der Waals surface area (Å²) in [6.45, 7) is 4.14. The average Bonchev–Trinajstić information content (AvgIpc) is 2.32. The van der Waals surface area contributed by atoms with Gasteiger partial charge in [0.1, 0.15) is 0 Å². The van der Waals surface area contributed by atoms with Gasteiger partial charge in [-0.25, -0.2) is 0 Å². The molecule has 0 saturated carbocycles. The molecule has 0 aromatic heterocycles. The zero-order valence-electron chi connectivity index (χ0n) is 9.92. The van der Waals surface area contributed by atoms with Crippen LogP contribution in [0.15, 0.2) is 58.8 Å². The molecule has 0 heterocycles. The van der Waals surface area contributed by atoms with Crippen molar-refractivity contribution in [2.24, 2.45) is 10.2 Å². The quantitative estimate of drug-likeness (QED) is 0.656. The third kappa shape index (κ3) is 3.40. The van der Waals surface area contributed by atoms with Gasteiger partial charge in [-0.05, 0) is 43.2 Å². The van der Waals surface area contributed by atoms with Gasteiger partial charge in [-0.2, -0.15) is 10.2 Å². The zero-order valence-corrected chi connectivity index (χ0v) is 10.7. The molecule has 3 heteroatoms. The molecule has 0 atom stereocenters. The number of azo groups is 1. The van der Waals surface area contributed by atoms with Crippen LogP contribution in [-0.4, -0.2) is 0 Å². The largest absolute Gasteiger partial charge is 0.151 e. The van der Waals surface area contributed by atoms with Crippen LogP contribution in [0.25, 0.3) is 0 Å². The number of hydrogen-bond acceptors (Lipinski definition) is 2. The highest BCUT2D eigenvalue weighted by atomic mass is 35.5. The van der Waals surface area contributed by atoms with Gasteiger partial charge in [0.25, 0.3) is 0 Å². The predicted octanol–water partition coefficient (Wildman–Crippen LogP) is 5.14. The lowest BCUT2D eigenvalue weighted by Crippen LogP contribution is -1.79. The van der Waals surface area contributed by atoms with Crippen LogP contribution < -0.4 is 0 Å². The lowest BCUT2D eigenvalue weighted by Gasteiger charge is -2.01. The molecule has 0 spiro atoms. The number of rotatable bonds is 2. The second-order valence-corrected chi connectivity index (χ2v) is 3.75. The molecule has 0 aliphatic rings. The highest BCUT2D eigenvalue weighted by Gasteiger charge is 1.98. The Balaban J connectivity index is 0.00000144. The van der Waals surface area contributed by atoms with E-state index in [4.69, 9.17) is 0 Å². The Bertz CT molecular complexity index is 507. The monoisotopic (exact) mass is 246 g/mol. The Morgan fingerprint density at radius 1 is 0.765 bits per heavy atom. The molecule has 0 fully saturated rings. The Labute approximate surface area is 108 Å². The van der Waals surface area contributed by atoms with E-state index < -0.39 is 0 Å². The van der Waals surface area contributed by atoms with Crippen LogP contribution in [0.4, 0.5) is 11.4 Å². The van der Waals surface area contributed by atoms with Gasteiger partial charge < -0.3 is 0 Å². The number of nitrogens with zero attached hydrogens (tertiary/aromatic N) is 2.